The molecule has 0 aromatic heterocycles. The summed E-state index contributed by atoms with van der Waals surface area (Å²) in [6.07, 6.45) is 0.305. The lowest BCUT2D eigenvalue weighted by Crippen LogP contribution is -2.48. The van der Waals surface area contributed by atoms with Gasteiger partial charge >= 0.3 is 12.0 Å². The number of urea groups is 1. The number of nitrogens with one attached hydrogen (secondary N) is 2. The lowest BCUT2D eigenvalue weighted by atomic mass is 10.1. The molecule has 7 heteroatoms. The van der Waals surface area contributed by atoms with Crippen LogP contribution in [0.2, 0.25) is 0 Å². The Bertz CT molecular complexity index is 319. The van der Waals surface area contributed by atoms with Gasteiger partial charge in [0.1, 0.15) is 6.04 Å². The molecule has 0 saturated carbocycles. The summed E-state index contributed by atoms with van der Waals surface area (Å²) < 4.78 is 0. The van der Waals surface area contributed by atoms with Crippen molar-refractivity contribution in [1.29, 1.82) is 0 Å². The summed E-state index contributed by atoms with van der Waals surface area (Å²) in [6.45, 7) is 3.59. The molecule has 0 aliphatic rings. The molecule has 0 spiro atoms. The van der Waals surface area contributed by atoms with E-state index in [-0.39, 0.29) is 18.4 Å². The van der Waals surface area contributed by atoms with E-state index in [0.717, 1.165) is 0 Å². The lowest BCUT2D eigenvalue weighted by molar-refractivity contribution is -0.139. The molecule has 0 radical (unpaired) electrons. The highest BCUT2D eigenvalue weighted by Crippen LogP contribution is 2.00. The number of carbonyl (C=O) groups is 3. The van der Waals surface area contributed by atoms with Crippen LogP contribution in [0, 0.1) is 5.92 Å². The SMILES string of the molecule is CCC(NC(=O)N(C)CC(C)C(=O)NC)C(=O)O. The van der Waals surface area contributed by atoms with Crippen molar-refractivity contribution in [3.05, 3.63) is 0 Å². The number of hydrogen-bond acceptors (Lipinski definition) is 3. The van der Waals surface area contributed by atoms with Crippen LogP contribution in [0.1, 0.15) is 20.3 Å². The van der Waals surface area contributed by atoms with Crippen molar-refractivity contribution in [3.8, 4) is 0 Å². The number of amides is 3. The van der Waals surface area contributed by atoms with E-state index < -0.39 is 18.0 Å². The van der Waals surface area contributed by atoms with Gasteiger partial charge in [-0.2, -0.15) is 0 Å². The Balaban J connectivity index is 4.34. The first kappa shape index (κ1) is 16.2. The summed E-state index contributed by atoms with van der Waals surface area (Å²) in [5.74, 6) is -1.59. The van der Waals surface area contributed by atoms with Crippen molar-refractivity contribution < 1.29 is 19.5 Å². The van der Waals surface area contributed by atoms with Crippen molar-refractivity contribution >= 4 is 17.9 Å². The van der Waals surface area contributed by atoms with Gasteiger partial charge < -0.3 is 20.6 Å². The molecule has 3 N–H and O–H groups in total. The number of carbonyl (C=O) groups excluding carboxylic acids is 2. The molecular formula is C11H21N3O4. The number of carboxylic acid groups (broad SMARTS) is 1. The van der Waals surface area contributed by atoms with E-state index in [0.29, 0.717) is 6.42 Å². The Morgan fingerprint density at radius 1 is 1.33 bits per heavy atom. The van der Waals surface area contributed by atoms with E-state index in [1.54, 1.807) is 13.8 Å². The first-order valence-corrected chi connectivity index (χ1v) is 5.79. The van der Waals surface area contributed by atoms with Gasteiger partial charge in [-0.1, -0.05) is 13.8 Å². The summed E-state index contributed by atoms with van der Waals surface area (Å²) in [5.41, 5.74) is 0. The van der Waals surface area contributed by atoms with Crippen LogP contribution in [0.25, 0.3) is 0 Å². The van der Waals surface area contributed by atoms with Crippen molar-refractivity contribution in [1.82, 2.24) is 15.5 Å². The zero-order chi connectivity index (χ0) is 14.3. The number of aliphatic carboxylic acids is 1. The molecule has 18 heavy (non-hydrogen) atoms. The second kappa shape index (κ2) is 7.52. The van der Waals surface area contributed by atoms with Crippen molar-refractivity contribution in [2.45, 2.75) is 26.3 Å². The summed E-state index contributed by atoms with van der Waals surface area (Å²) in [5, 5.41) is 13.7. The van der Waals surface area contributed by atoms with E-state index >= 15 is 0 Å². The molecule has 0 aliphatic heterocycles. The Hall–Kier alpha value is -1.79. The third-order valence-corrected chi connectivity index (χ3v) is 2.59. The second-order valence-electron chi connectivity index (χ2n) is 4.14. The number of carboxylic acids is 1. The van der Waals surface area contributed by atoms with Crippen LogP contribution in [0.5, 0.6) is 0 Å². The van der Waals surface area contributed by atoms with Crippen LogP contribution >= 0.6 is 0 Å². The fourth-order valence-corrected chi connectivity index (χ4v) is 1.42. The molecule has 0 saturated heterocycles. The quantitative estimate of drug-likeness (QED) is 0.619. The smallest absolute Gasteiger partial charge is 0.326 e. The van der Waals surface area contributed by atoms with Gasteiger partial charge in [0.2, 0.25) is 5.91 Å². The first-order valence-electron chi connectivity index (χ1n) is 5.79. The second-order valence-corrected chi connectivity index (χ2v) is 4.14. The average molecular weight is 259 g/mol. The third kappa shape index (κ3) is 5.03. The average Bonchev–Trinajstić information content (AvgIpc) is 2.33. The Morgan fingerprint density at radius 2 is 1.89 bits per heavy atom. The van der Waals surface area contributed by atoms with Gasteiger partial charge in [-0.3, -0.25) is 4.79 Å². The molecule has 2 unspecified atom stereocenters. The van der Waals surface area contributed by atoms with Gasteiger partial charge in [-0.05, 0) is 6.42 Å². The molecule has 7 nitrogen and oxygen atoms in total. The Kier molecular flexibility index (Phi) is 6.77. The van der Waals surface area contributed by atoms with Crippen molar-refractivity contribution in [3.63, 3.8) is 0 Å². The van der Waals surface area contributed by atoms with E-state index in [2.05, 4.69) is 10.6 Å². The maximum Gasteiger partial charge on any atom is 0.326 e. The van der Waals surface area contributed by atoms with Crippen LogP contribution in [0.3, 0.4) is 0 Å². The summed E-state index contributed by atoms with van der Waals surface area (Å²) >= 11 is 0. The van der Waals surface area contributed by atoms with Gasteiger partial charge in [0, 0.05) is 20.6 Å². The summed E-state index contributed by atoms with van der Waals surface area (Å²) in [4.78, 5) is 35.0. The first-order chi connectivity index (χ1) is 8.33. The molecule has 0 aromatic carbocycles. The highest BCUT2D eigenvalue weighted by Gasteiger charge is 2.22. The normalized spacial score (nSPS) is 13.3. The van der Waals surface area contributed by atoms with E-state index in [4.69, 9.17) is 5.11 Å². The van der Waals surface area contributed by atoms with E-state index in [1.165, 1.54) is 19.0 Å². The maximum absolute atomic E-state index is 11.7. The minimum atomic E-state index is -1.07. The standard InChI is InChI=1S/C11H21N3O4/c1-5-8(10(16)17)13-11(18)14(4)6-7(2)9(15)12-3/h7-8H,5-6H2,1-4H3,(H,12,15)(H,13,18)(H,16,17). The largest absolute Gasteiger partial charge is 0.480 e. The van der Waals surface area contributed by atoms with Gasteiger partial charge in [0.05, 0.1) is 5.92 Å². The molecule has 0 aliphatic carbocycles. The van der Waals surface area contributed by atoms with Crippen LogP contribution < -0.4 is 10.6 Å². The minimum Gasteiger partial charge on any atom is -0.480 e. The number of hydrogen-bond donors (Lipinski definition) is 3. The molecule has 0 fully saturated rings. The topological polar surface area (TPSA) is 98.7 Å². The molecule has 0 bridgehead atoms. The van der Waals surface area contributed by atoms with E-state index in [9.17, 15) is 14.4 Å². The van der Waals surface area contributed by atoms with Gasteiger partial charge in [-0.15, -0.1) is 0 Å². The minimum absolute atomic E-state index is 0.167. The molecule has 0 aromatic rings. The molecule has 3 amide bonds. The molecular weight excluding hydrogens is 238 g/mol. The number of rotatable bonds is 6. The predicted molar refractivity (Wildman–Crippen MR) is 66.1 cm³/mol. The monoisotopic (exact) mass is 259 g/mol. The van der Waals surface area contributed by atoms with Crippen molar-refractivity contribution in [2.75, 3.05) is 20.6 Å². The van der Waals surface area contributed by atoms with Crippen LogP contribution in [-0.2, 0) is 9.59 Å². The van der Waals surface area contributed by atoms with Crippen molar-refractivity contribution in [2.24, 2.45) is 5.92 Å². The fraction of sp³-hybridized carbons (Fsp3) is 0.727. The predicted octanol–water partition coefficient (Wildman–Crippen LogP) is -0.127. The molecule has 0 rings (SSSR count). The fourth-order valence-electron chi connectivity index (χ4n) is 1.42. The highest BCUT2D eigenvalue weighted by molar-refractivity contribution is 5.83. The third-order valence-electron chi connectivity index (χ3n) is 2.59. The van der Waals surface area contributed by atoms with Crippen LogP contribution in [0.4, 0.5) is 4.79 Å². The molecule has 104 valence electrons. The zero-order valence-corrected chi connectivity index (χ0v) is 11.2. The molecule has 2 atom stereocenters. The van der Waals surface area contributed by atoms with Gasteiger partial charge in [0.25, 0.3) is 0 Å². The van der Waals surface area contributed by atoms with Gasteiger partial charge in [0.15, 0.2) is 0 Å². The van der Waals surface area contributed by atoms with Gasteiger partial charge in [-0.25, -0.2) is 9.59 Å². The Labute approximate surface area is 107 Å². The maximum atomic E-state index is 11.7. The van der Waals surface area contributed by atoms with E-state index in [1.807, 2.05) is 0 Å². The summed E-state index contributed by atoms with van der Waals surface area (Å²) in [6, 6.07) is -1.41. The summed E-state index contributed by atoms with van der Waals surface area (Å²) in [7, 11) is 3.04. The highest BCUT2D eigenvalue weighted by atomic mass is 16.4. The van der Waals surface area contributed by atoms with Crippen LogP contribution in [-0.4, -0.2) is 54.6 Å². The zero-order valence-electron chi connectivity index (χ0n) is 11.2. The Morgan fingerprint density at radius 3 is 2.28 bits per heavy atom. The lowest BCUT2D eigenvalue weighted by Gasteiger charge is -2.23. The molecule has 0 heterocycles. The number of nitrogens with zero attached hydrogens (tertiary/aromatic N) is 1. The van der Waals surface area contributed by atoms with Crippen LogP contribution in [0.15, 0.2) is 0 Å².